The van der Waals surface area contributed by atoms with E-state index in [4.69, 9.17) is 11.6 Å². The highest BCUT2D eigenvalue weighted by Crippen LogP contribution is 2.23. The molecular weight excluding hydrogens is 261 g/mol. The number of Topliss-reactive ketones (excluding diaryl/α,β-unsaturated/α-hetero) is 1. The Morgan fingerprint density at radius 1 is 1.59 bits per heavy atom. The first-order valence-corrected chi connectivity index (χ1v) is 6.90. The lowest BCUT2D eigenvalue weighted by molar-refractivity contribution is 0.0874. The zero-order valence-electron chi connectivity index (χ0n) is 9.45. The van der Waals surface area contributed by atoms with Gasteiger partial charge in [-0.1, -0.05) is 11.6 Å². The van der Waals surface area contributed by atoms with Crippen molar-refractivity contribution < 1.29 is 9.18 Å². The molecule has 17 heavy (non-hydrogen) atoms. The Hall–Kier alpha value is -0.580. The van der Waals surface area contributed by atoms with E-state index in [1.807, 2.05) is 11.9 Å². The molecule has 0 bridgehead atoms. The summed E-state index contributed by atoms with van der Waals surface area (Å²) < 4.78 is 13.1. The number of carbonyl (C=O) groups is 1. The van der Waals surface area contributed by atoms with Crippen molar-refractivity contribution in [2.24, 2.45) is 0 Å². The number of hydrogen-bond acceptors (Lipinski definition) is 3. The van der Waals surface area contributed by atoms with Crippen LogP contribution in [0.2, 0.25) is 5.02 Å². The minimum Gasteiger partial charge on any atom is -0.295 e. The fourth-order valence-electron chi connectivity index (χ4n) is 1.83. The van der Waals surface area contributed by atoms with Gasteiger partial charge in [-0.2, -0.15) is 11.8 Å². The van der Waals surface area contributed by atoms with Crippen LogP contribution in [0.5, 0.6) is 0 Å². The molecule has 0 N–H and O–H groups in total. The van der Waals surface area contributed by atoms with Crippen LogP contribution >= 0.6 is 23.4 Å². The second kappa shape index (κ2) is 5.38. The summed E-state index contributed by atoms with van der Waals surface area (Å²) in [4.78, 5) is 14.3. The van der Waals surface area contributed by atoms with Crippen molar-refractivity contribution in [2.75, 3.05) is 25.1 Å². The van der Waals surface area contributed by atoms with Gasteiger partial charge in [0.1, 0.15) is 5.82 Å². The zero-order chi connectivity index (χ0) is 12.4. The molecule has 1 aliphatic heterocycles. The third kappa shape index (κ3) is 2.81. The Morgan fingerprint density at radius 2 is 2.35 bits per heavy atom. The summed E-state index contributed by atoms with van der Waals surface area (Å²) >= 11 is 7.69. The molecule has 0 aromatic heterocycles. The van der Waals surface area contributed by atoms with Crippen molar-refractivity contribution in [1.29, 1.82) is 0 Å². The first-order valence-electron chi connectivity index (χ1n) is 5.37. The molecule has 1 aromatic carbocycles. The van der Waals surface area contributed by atoms with E-state index < -0.39 is 5.82 Å². The van der Waals surface area contributed by atoms with Crippen LogP contribution in [-0.2, 0) is 0 Å². The van der Waals surface area contributed by atoms with Crippen molar-refractivity contribution in [3.05, 3.63) is 34.6 Å². The second-order valence-electron chi connectivity index (χ2n) is 4.06. The van der Waals surface area contributed by atoms with E-state index in [1.54, 1.807) is 11.8 Å². The topological polar surface area (TPSA) is 20.3 Å². The number of halogens is 2. The summed E-state index contributed by atoms with van der Waals surface area (Å²) in [7, 11) is 1.91. The molecule has 1 saturated heterocycles. The molecular formula is C12H13ClFNOS. The molecule has 2 nitrogen and oxygen atoms in total. The standard InChI is InChI=1S/C12H13ClFNOS/c1-15-4-5-17-7-11(15)12(16)9-6-8(14)2-3-10(9)13/h2-3,6,11H,4-5,7H2,1H3. The van der Waals surface area contributed by atoms with Crippen LogP contribution in [0.4, 0.5) is 4.39 Å². The van der Waals surface area contributed by atoms with Gasteiger partial charge in [-0.25, -0.2) is 4.39 Å². The SMILES string of the molecule is CN1CCSCC1C(=O)c1cc(F)ccc1Cl. The molecule has 0 radical (unpaired) electrons. The fourth-order valence-corrected chi connectivity index (χ4v) is 3.25. The van der Waals surface area contributed by atoms with E-state index in [9.17, 15) is 9.18 Å². The van der Waals surface area contributed by atoms with Crippen LogP contribution < -0.4 is 0 Å². The Kier molecular flexibility index (Phi) is 4.07. The minimum absolute atomic E-state index is 0.0933. The maximum absolute atomic E-state index is 13.1. The lowest BCUT2D eigenvalue weighted by atomic mass is 10.0. The molecule has 0 spiro atoms. The summed E-state index contributed by atoms with van der Waals surface area (Å²) in [5.41, 5.74) is 0.283. The van der Waals surface area contributed by atoms with Gasteiger partial charge in [0.15, 0.2) is 5.78 Å². The van der Waals surface area contributed by atoms with Crippen molar-refractivity contribution in [3.63, 3.8) is 0 Å². The van der Waals surface area contributed by atoms with E-state index in [-0.39, 0.29) is 17.4 Å². The maximum Gasteiger partial charge on any atom is 0.182 e. The zero-order valence-corrected chi connectivity index (χ0v) is 11.0. The molecule has 92 valence electrons. The smallest absolute Gasteiger partial charge is 0.182 e. The van der Waals surface area contributed by atoms with E-state index in [1.165, 1.54) is 18.2 Å². The van der Waals surface area contributed by atoms with E-state index in [2.05, 4.69) is 0 Å². The molecule has 1 aromatic rings. The number of thioether (sulfide) groups is 1. The summed E-state index contributed by atoms with van der Waals surface area (Å²) in [6.07, 6.45) is 0. The van der Waals surface area contributed by atoms with Gasteiger partial charge >= 0.3 is 0 Å². The van der Waals surface area contributed by atoms with Crippen molar-refractivity contribution in [3.8, 4) is 0 Å². The highest BCUT2D eigenvalue weighted by molar-refractivity contribution is 7.99. The average Bonchev–Trinajstić information content (AvgIpc) is 2.32. The molecule has 0 saturated carbocycles. The summed E-state index contributed by atoms with van der Waals surface area (Å²) in [6.45, 7) is 0.869. The summed E-state index contributed by atoms with van der Waals surface area (Å²) in [5, 5.41) is 0.320. The average molecular weight is 274 g/mol. The van der Waals surface area contributed by atoms with Gasteiger partial charge in [0, 0.05) is 23.6 Å². The van der Waals surface area contributed by atoms with Crippen molar-refractivity contribution in [1.82, 2.24) is 4.90 Å². The van der Waals surface area contributed by atoms with Gasteiger partial charge in [-0.3, -0.25) is 9.69 Å². The molecule has 1 atom stereocenters. The summed E-state index contributed by atoms with van der Waals surface area (Å²) in [6, 6.07) is 3.71. The number of carbonyl (C=O) groups excluding carboxylic acids is 1. The number of nitrogens with zero attached hydrogens (tertiary/aromatic N) is 1. The molecule has 0 amide bonds. The number of ketones is 1. The molecule has 1 fully saturated rings. The molecule has 1 heterocycles. The predicted molar refractivity (Wildman–Crippen MR) is 69.5 cm³/mol. The van der Waals surface area contributed by atoms with Gasteiger partial charge in [-0.15, -0.1) is 0 Å². The van der Waals surface area contributed by atoms with Crippen LogP contribution in [0.1, 0.15) is 10.4 Å². The van der Waals surface area contributed by atoms with Crippen molar-refractivity contribution >= 4 is 29.1 Å². The Labute approximate surface area is 109 Å². The third-order valence-corrected chi connectivity index (χ3v) is 4.24. The second-order valence-corrected chi connectivity index (χ2v) is 5.62. The maximum atomic E-state index is 13.1. The number of likely N-dealkylation sites (N-methyl/N-ethyl adjacent to an activating group) is 1. The van der Waals surface area contributed by atoms with Crippen molar-refractivity contribution in [2.45, 2.75) is 6.04 Å². The van der Waals surface area contributed by atoms with E-state index in [0.29, 0.717) is 5.02 Å². The van der Waals surface area contributed by atoms with Crippen LogP contribution in [0.25, 0.3) is 0 Å². The lowest BCUT2D eigenvalue weighted by Crippen LogP contribution is -2.44. The number of benzene rings is 1. The fraction of sp³-hybridized carbons (Fsp3) is 0.417. The third-order valence-electron chi connectivity index (χ3n) is 2.89. The Balaban J connectivity index is 2.26. The van der Waals surface area contributed by atoms with Crippen LogP contribution in [0, 0.1) is 5.82 Å². The monoisotopic (exact) mass is 273 g/mol. The first-order chi connectivity index (χ1) is 8.09. The molecule has 0 aliphatic carbocycles. The predicted octanol–water partition coefficient (Wildman–Crippen LogP) is 2.71. The summed E-state index contributed by atoms with van der Waals surface area (Å²) in [5.74, 6) is 1.24. The van der Waals surface area contributed by atoms with E-state index >= 15 is 0 Å². The highest BCUT2D eigenvalue weighted by atomic mass is 35.5. The van der Waals surface area contributed by atoms with Crippen LogP contribution in [-0.4, -0.2) is 41.8 Å². The highest BCUT2D eigenvalue weighted by Gasteiger charge is 2.28. The molecule has 1 unspecified atom stereocenters. The Morgan fingerprint density at radius 3 is 3.06 bits per heavy atom. The number of hydrogen-bond donors (Lipinski definition) is 0. The van der Waals surface area contributed by atoms with Gasteiger partial charge < -0.3 is 0 Å². The van der Waals surface area contributed by atoms with Crippen LogP contribution in [0.3, 0.4) is 0 Å². The Bertz CT molecular complexity index is 441. The lowest BCUT2D eigenvalue weighted by Gasteiger charge is -2.31. The minimum atomic E-state index is -0.427. The normalized spacial score (nSPS) is 21.5. The molecule has 5 heteroatoms. The quantitative estimate of drug-likeness (QED) is 0.773. The first kappa shape index (κ1) is 12.9. The van der Waals surface area contributed by atoms with Gasteiger partial charge in [0.05, 0.1) is 11.1 Å². The largest absolute Gasteiger partial charge is 0.295 e. The van der Waals surface area contributed by atoms with Gasteiger partial charge in [-0.05, 0) is 25.2 Å². The van der Waals surface area contributed by atoms with Gasteiger partial charge in [0.2, 0.25) is 0 Å². The van der Waals surface area contributed by atoms with Crippen LogP contribution in [0.15, 0.2) is 18.2 Å². The number of rotatable bonds is 2. The van der Waals surface area contributed by atoms with Gasteiger partial charge in [0.25, 0.3) is 0 Å². The molecule has 2 rings (SSSR count). The van der Waals surface area contributed by atoms with E-state index in [0.717, 1.165) is 18.1 Å². The molecule has 1 aliphatic rings.